The van der Waals surface area contributed by atoms with Crippen LogP contribution in [-0.2, 0) is 20.7 Å². The number of carbonyl (C=O) groups is 2. The van der Waals surface area contributed by atoms with Crippen LogP contribution in [0.4, 0.5) is 0 Å². The molecular weight excluding hydrogens is 330 g/mol. The van der Waals surface area contributed by atoms with E-state index >= 15 is 0 Å². The maximum Gasteiger partial charge on any atom is 0.310 e. The molecule has 0 unspecified atom stereocenters. The standard InChI is InChI=1S/C20H23N3O3/c1-14-3-6-17(20(25)26-2)13-23(14)19(24)11-15-4-7-16(8-5-15)18-12-21-9-10-22-18/h4-5,7-10,12,14,17H,3,6,11,13H2,1-2H3/t14-,17+/m1/s1. The first-order valence-electron chi connectivity index (χ1n) is 8.81. The normalized spacial score (nSPS) is 19.8. The molecule has 0 spiro atoms. The second kappa shape index (κ2) is 8.08. The van der Waals surface area contributed by atoms with Crippen molar-refractivity contribution in [2.24, 2.45) is 5.92 Å². The van der Waals surface area contributed by atoms with Crippen molar-refractivity contribution in [2.75, 3.05) is 13.7 Å². The molecule has 1 aromatic carbocycles. The van der Waals surface area contributed by atoms with Crippen LogP contribution >= 0.6 is 0 Å². The van der Waals surface area contributed by atoms with Gasteiger partial charge in [-0.2, -0.15) is 0 Å². The Morgan fingerprint density at radius 1 is 1.19 bits per heavy atom. The van der Waals surface area contributed by atoms with E-state index in [1.165, 1.54) is 7.11 Å². The van der Waals surface area contributed by atoms with Crippen LogP contribution in [-0.4, -0.2) is 46.4 Å². The van der Waals surface area contributed by atoms with Gasteiger partial charge in [-0.1, -0.05) is 24.3 Å². The second-order valence-electron chi connectivity index (χ2n) is 6.66. The predicted molar refractivity (Wildman–Crippen MR) is 97.1 cm³/mol. The largest absolute Gasteiger partial charge is 0.469 e. The first-order chi connectivity index (χ1) is 12.6. The van der Waals surface area contributed by atoms with Gasteiger partial charge in [0, 0.05) is 30.5 Å². The first-order valence-corrected chi connectivity index (χ1v) is 8.81. The molecule has 0 bridgehead atoms. The van der Waals surface area contributed by atoms with Crippen molar-refractivity contribution in [3.63, 3.8) is 0 Å². The van der Waals surface area contributed by atoms with Crippen molar-refractivity contribution in [1.82, 2.24) is 14.9 Å². The second-order valence-corrected chi connectivity index (χ2v) is 6.66. The molecule has 136 valence electrons. The van der Waals surface area contributed by atoms with Crippen LogP contribution in [0.3, 0.4) is 0 Å². The number of methoxy groups -OCH3 is 1. The summed E-state index contributed by atoms with van der Waals surface area (Å²) < 4.78 is 4.84. The summed E-state index contributed by atoms with van der Waals surface area (Å²) in [5.41, 5.74) is 2.71. The van der Waals surface area contributed by atoms with E-state index in [2.05, 4.69) is 9.97 Å². The third-order valence-electron chi connectivity index (χ3n) is 4.91. The number of likely N-dealkylation sites (tertiary alicyclic amines) is 1. The van der Waals surface area contributed by atoms with Gasteiger partial charge in [0.2, 0.25) is 5.91 Å². The molecule has 0 saturated carbocycles. The van der Waals surface area contributed by atoms with Crippen LogP contribution in [0.15, 0.2) is 42.9 Å². The average Bonchev–Trinajstić information content (AvgIpc) is 2.69. The van der Waals surface area contributed by atoms with Crippen molar-refractivity contribution in [3.05, 3.63) is 48.4 Å². The smallest absolute Gasteiger partial charge is 0.310 e. The van der Waals surface area contributed by atoms with E-state index in [9.17, 15) is 9.59 Å². The van der Waals surface area contributed by atoms with Crippen molar-refractivity contribution in [1.29, 1.82) is 0 Å². The summed E-state index contributed by atoms with van der Waals surface area (Å²) in [6.07, 6.45) is 6.91. The number of aromatic nitrogens is 2. The van der Waals surface area contributed by atoms with Crippen LogP contribution < -0.4 is 0 Å². The molecule has 1 fully saturated rings. The fourth-order valence-electron chi connectivity index (χ4n) is 3.33. The lowest BCUT2D eigenvalue weighted by molar-refractivity contribution is -0.150. The molecular formula is C20H23N3O3. The zero-order chi connectivity index (χ0) is 18.5. The third kappa shape index (κ3) is 4.07. The molecule has 2 heterocycles. The molecule has 1 aliphatic rings. The summed E-state index contributed by atoms with van der Waals surface area (Å²) in [6.45, 7) is 2.47. The Balaban J connectivity index is 1.66. The van der Waals surface area contributed by atoms with E-state index < -0.39 is 0 Å². The van der Waals surface area contributed by atoms with E-state index in [-0.39, 0.29) is 23.8 Å². The van der Waals surface area contributed by atoms with Gasteiger partial charge in [-0.15, -0.1) is 0 Å². The summed E-state index contributed by atoms with van der Waals surface area (Å²) in [4.78, 5) is 34.7. The molecule has 1 aliphatic heterocycles. The molecule has 2 aromatic rings. The summed E-state index contributed by atoms with van der Waals surface area (Å²) in [5, 5.41) is 0. The Morgan fingerprint density at radius 2 is 1.96 bits per heavy atom. The molecule has 26 heavy (non-hydrogen) atoms. The number of rotatable bonds is 4. The van der Waals surface area contributed by atoms with Crippen LogP contribution in [0.5, 0.6) is 0 Å². The van der Waals surface area contributed by atoms with Gasteiger partial charge in [0.15, 0.2) is 0 Å². The number of hydrogen-bond acceptors (Lipinski definition) is 5. The van der Waals surface area contributed by atoms with Gasteiger partial charge in [0.05, 0.1) is 31.3 Å². The number of benzene rings is 1. The van der Waals surface area contributed by atoms with Crippen LogP contribution in [0.1, 0.15) is 25.3 Å². The molecule has 3 rings (SSSR count). The summed E-state index contributed by atoms with van der Waals surface area (Å²) in [7, 11) is 1.39. The minimum atomic E-state index is -0.233. The number of piperidine rings is 1. The highest BCUT2D eigenvalue weighted by Gasteiger charge is 2.32. The van der Waals surface area contributed by atoms with E-state index in [4.69, 9.17) is 4.74 Å². The van der Waals surface area contributed by atoms with E-state index in [0.717, 1.165) is 29.7 Å². The highest BCUT2D eigenvalue weighted by atomic mass is 16.5. The van der Waals surface area contributed by atoms with E-state index in [0.29, 0.717) is 13.0 Å². The Bertz CT molecular complexity index is 762. The molecule has 6 nitrogen and oxygen atoms in total. The Morgan fingerprint density at radius 3 is 2.62 bits per heavy atom. The SMILES string of the molecule is COC(=O)[C@H]1CC[C@@H](C)N(C(=O)Cc2ccc(-c3cnccn3)cc2)C1. The van der Waals surface area contributed by atoms with Gasteiger partial charge < -0.3 is 9.64 Å². The van der Waals surface area contributed by atoms with Crippen LogP contribution in [0.25, 0.3) is 11.3 Å². The van der Waals surface area contributed by atoms with Gasteiger partial charge in [-0.3, -0.25) is 19.6 Å². The molecule has 0 aliphatic carbocycles. The molecule has 1 saturated heterocycles. The number of nitrogens with zero attached hydrogens (tertiary/aromatic N) is 3. The zero-order valence-electron chi connectivity index (χ0n) is 15.1. The summed E-state index contributed by atoms with van der Waals surface area (Å²) in [6, 6.07) is 7.91. The third-order valence-corrected chi connectivity index (χ3v) is 4.91. The maximum absolute atomic E-state index is 12.7. The molecule has 6 heteroatoms. The summed E-state index contributed by atoms with van der Waals surface area (Å²) >= 11 is 0. The lowest BCUT2D eigenvalue weighted by atomic mass is 9.93. The van der Waals surface area contributed by atoms with Gasteiger partial charge in [0.1, 0.15) is 0 Å². The minimum Gasteiger partial charge on any atom is -0.469 e. The first kappa shape index (κ1) is 18.0. The maximum atomic E-state index is 12.7. The quantitative estimate of drug-likeness (QED) is 0.790. The van der Waals surface area contributed by atoms with Crippen molar-refractivity contribution in [3.8, 4) is 11.3 Å². The molecule has 1 amide bonds. The Labute approximate surface area is 153 Å². The fourth-order valence-corrected chi connectivity index (χ4v) is 3.33. The predicted octanol–water partition coefficient (Wildman–Crippen LogP) is 2.49. The van der Waals surface area contributed by atoms with Crippen molar-refractivity contribution >= 4 is 11.9 Å². The van der Waals surface area contributed by atoms with Crippen LogP contribution in [0, 0.1) is 5.92 Å². The van der Waals surface area contributed by atoms with E-state index in [1.807, 2.05) is 36.1 Å². The topological polar surface area (TPSA) is 72.4 Å². The van der Waals surface area contributed by atoms with Gasteiger partial charge in [-0.05, 0) is 25.3 Å². The minimum absolute atomic E-state index is 0.0401. The fraction of sp³-hybridized carbons (Fsp3) is 0.400. The van der Waals surface area contributed by atoms with Crippen molar-refractivity contribution in [2.45, 2.75) is 32.2 Å². The average molecular weight is 353 g/mol. The lowest BCUT2D eigenvalue weighted by Crippen LogP contribution is -2.48. The number of esters is 1. The van der Waals surface area contributed by atoms with Gasteiger partial charge in [-0.25, -0.2) is 0 Å². The zero-order valence-corrected chi connectivity index (χ0v) is 15.1. The molecule has 2 atom stereocenters. The number of hydrogen-bond donors (Lipinski definition) is 0. The number of carbonyl (C=O) groups excluding carboxylic acids is 2. The van der Waals surface area contributed by atoms with Crippen molar-refractivity contribution < 1.29 is 14.3 Å². The lowest BCUT2D eigenvalue weighted by Gasteiger charge is -2.37. The van der Waals surface area contributed by atoms with Gasteiger partial charge >= 0.3 is 5.97 Å². The highest BCUT2D eigenvalue weighted by Crippen LogP contribution is 2.24. The summed E-state index contributed by atoms with van der Waals surface area (Å²) in [5.74, 6) is -0.416. The Kier molecular flexibility index (Phi) is 5.61. The van der Waals surface area contributed by atoms with Crippen LogP contribution in [0.2, 0.25) is 0 Å². The molecule has 0 N–H and O–H groups in total. The monoisotopic (exact) mass is 353 g/mol. The highest BCUT2D eigenvalue weighted by molar-refractivity contribution is 5.81. The molecule has 0 radical (unpaired) electrons. The number of amides is 1. The number of ether oxygens (including phenoxy) is 1. The van der Waals surface area contributed by atoms with E-state index in [1.54, 1.807) is 18.6 Å². The van der Waals surface area contributed by atoms with Gasteiger partial charge in [0.25, 0.3) is 0 Å². The molecule has 1 aromatic heterocycles. The Hall–Kier alpha value is -2.76.